The van der Waals surface area contributed by atoms with Crippen molar-refractivity contribution >= 4 is 28.9 Å². The molecule has 2 aromatic rings. The number of hydrogen-bond donors (Lipinski definition) is 1. The Balaban J connectivity index is 2.02. The summed E-state index contributed by atoms with van der Waals surface area (Å²) in [5.74, 6) is -1.82. The third kappa shape index (κ3) is 3.86. The summed E-state index contributed by atoms with van der Waals surface area (Å²) in [7, 11) is 0. The van der Waals surface area contributed by atoms with E-state index < -0.39 is 48.0 Å². The highest BCUT2D eigenvalue weighted by molar-refractivity contribution is 5.73. The van der Waals surface area contributed by atoms with E-state index in [2.05, 4.69) is 15.2 Å². The zero-order valence-electron chi connectivity index (χ0n) is 15.3. The van der Waals surface area contributed by atoms with Crippen LogP contribution >= 0.6 is 0 Å². The smallest absolute Gasteiger partial charge is 0.303 e. The van der Waals surface area contributed by atoms with E-state index in [0.717, 1.165) is 0 Å². The van der Waals surface area contributed by atoms with Crippen molar-refractivity contribution in [1.82, 2.24) is 19.7 Å². The van der Waals surface area contributed by atoms with E-state index in [1.165, 1.54) is 37.9 Å². The monoisotopic (exact) mass is 394 g/mol. The molecule has 0 radical (unpaired) electrons. The summed E-state index contributed by atoms with van der Waals surface area (Å²) in [6, 6.07) is 0. The molecule has 12 nitrogen and oxygen atoms in total. The number of ether oxygens (including phenoxy) is 4. The molecule has 150 valence electrons. The maximum Gasteiger partial charge on any atom is 0.303 e. The highest BCUT2D eigenvalue weighted by atomic mass is 16.7. The van der Waals surface area contributed by atoms with Crippen molar-refractivity contribution < 1.29 is 33.3 Å². The molecule has 3 heterocycles. The zero-order chi connectivity index (χ0) is 20.4. The lowest BCUT2D eigenvalue weighted by atomic mass is 10.1. The van der Waals surface area contributed by atoms with Gasteiger partial charge in [0, 0.05) is 20.8 Å². The van der Waals surface area contributed by atoms with Gasteiger partial charge in [0.2, 0.25) is 0 Å². The second kappa shape index (κ2) is 7.76. The normalized spacial score (nSPS) is 24.1. The molecule has 1 N–H and O–H groups in total. The van der Waals surface area contributed by atoms with Gasteiger partial charge in [0.15, 0.2) is 24.0 Å². The third-order valence-electron chi connectivity index (χ3n) is 4.01. The third-order valence-corrected chi connectivity index (χ3v) is 4.01. The Morgan fingerprint density at radius 3 is 2.46 bits per heavy atom. The van der Waals surface area contributed by atoms with Crippen LogP contribution in [0, 0.1) is 0 Å². The SMILES string of the molecule is CC(=O)OC[C@H]1O[C@@H](n2cnc3c(=O)[nH]ncc32)[C@H](OC(C)=O)[C@@H]1OC(C)=O. The van der Waals surface area contributed by atoms with Crippen LogP contribution in [0.2, 0.25) is 0 Å². The van der Waals surface area contributed by atoms with Crippen LogP contribution in [0.15, 0.2) is 17.3 Å². The molecule has 0 unspecified atom stereocenters. The minimum atomic E-state index is -1.07. The van der Waals surface area contributed by atoms with Crippen LogP contribution in [0.25, 0.3) is 11.0 Å². The molecule has 1 saturated heterocycles. The first kappa shape index (κ1) is 19.5. The van der Waals surface area contributed by atoms with Gasteiger partial charge in [-0.15, -0.1) is 0 Å². The van der Waals surface area contributed by atoms with Crippen LogP contribution < -0.4 is 5.56 Å². The molecule has 0 aromatic carbocycles. The summed E-state index contributed by atoms with van der Waals surface area (Å²) < 4.78 is 22.9. The number of H-pyrrole nitrogens is 1. The Labute approximate surface area is 157 Å². The van der Waals surface area contributed by atoms with Crippen molar-refractivity contribution in [1.29, 1.82) is 0 Å². The number of aromatic amines is 1. The molecular weight excluding hydrogens is 376 g/mol. The molecule has 3 rings (SSSR count). The van der Waals surface area contributed by atoms with Gasteiger partial charge in [0.05, 0.1) is 18.0 Å². The van der Waals surface area contributed by atoms with Crippen LogP contribution in [0.5, 0.6) is 0 Å². The van der Waals surface area contributed by atoms with E-state index in [1.54, 1.807) is 0 Å². The Bertz CT molecular complexity index is 967. The van der Waals surface area contributed by atoms with Gasteiger partial charge in [-0.3, -0.25) is 23.7 Å². The minimum Gasteiger partial charge on any atom is -0.463 e. The van der Waals surface area contributed by atoms with Crippen molar-refractivity contribution in [3.8, 4) is 0 Å². The van der Waals surface area contributed by atoms with E-state index in [9.17, 15) is 19.2 Å². The van der Waals surface area contributed by atoms with E-state index in [4.69, 9.17) is 18.9 Å². The highest BCUT2D eigenvalue weighted by Gasteiger charge is 2.50. The van der Waals surface area contributed by atoms with Gasteiger partial charge in [-0.1, -0.05) is 0 Å². The second-order valence-corrected chi connectivity index (χ2v) is 6.10. The predicted octanol–water partition coefficient (Wildman–Crippen LogP) is -0.556. The number of rotatable bonds is 5. The van der Waals surface area contributed by atoms with Gasteiger partial charge in [-0.25, -0.2) is 10.1 Å². The van der Waals surface area contributed by atoms with Crippen LogP contribution in [0.3, 0.4) is 0 Å². The minimum absolute atomic E-state index is 0.104. The standard InChI is InChI=1S/C16H18N4O8/c1-7(21)25-5-11-13(26-8(2)22)14(27-9(3)23)16(28-11)20-6-17-12-10(20)4-18-19-15(12)24/h4,6,11,13-14,16H,5H2,1-3H3,(H,19,24)/t11-,13-,14-,16-/m1/s1. The maximum absolute atomic E-state index is 11.9. The average molecular weight is 394 g/mol. The molecular formula is C16H18N4O8. The Morgan fingerprint density at radius 1 is 1.14 bits per heavy atom. The van der Waals surface area contributed by atoms with Gasteiger partial charge in [-0.2, -0.15) is 5.10 Å². The van der Waals surface area contributed by atoms with Gasteiger partial charge in [-0.05, 0) is 0 Å². The fourth-order valence-electron chi connectivity index (χ4n) is 3.00. The van der Waals surface area contributed by atoms with Crippen LogP contribution in [-0.4, -0.2) is 62.6 Å². The molecule has 0 aliphatic carbocycles. The van der Waals surface area contributed by atoms with Gasteiger partial charge >= 0.3 is 17.9 Å². The molecule has 0 spiro atoms. The summed E-state index contributed by atoms with van der Waals surface area (Å²) in [5, 5.41) is 6.00. The molecule has 1 aliphatic heterocycles. The molecule has 4 atom stereocenters. The topological polar surface area (TPSA) is 152 Å². The lowest BCUT2D eigenvalue weighted by Gasteiger charge is -2.23. The van der Waals surface area contributed by atoms with E-state index in [1.807, 2.05) is 0 Å². The first-order chi connectivity index (χ1) is 13.3. The molecule has 28 heavy (non-hydrogen) atoms. The number of aromatic nitrogens is 4. The van der Waals surface area contributed by atoms with E-state index in [0.29, 0.717) is 5.52 Å². The van der Waals surface area contributed by atoms with Gasteiger partial charge in [0.25, 0.3) is 5.56 Å². The molecule has 2 aromatic heterocycles. The molecule has 0 bridgehead atoms. The first-order valence-corrected chi connectivity index (χ1v) is 8.31. The van der Waals surface area contributed by atoms with Crippen LogP contribution in [-0.2, 0) is 33.3 Å². The zero-order valence-corrected chi connectivity index (χ0v) is 15.3. The average Bonchev–Trinajstić information content (AvgIpc) is 3.16. The molecule has 12 heteroatoms. The summed E-state index contributed by atoms with van der Waals surface area (Å²) in [6.45, 7) is 3.38. The number of hydrogen-bond acceptors (Lipinski definition) is 10. The number of imidazole rings is 1. The highest BCUT2D eigenvalue weighted by Crippen LogP contribution is 2.35. The molecule has 0 saturated carbocycles. The molecule has 1 aliphatic rings. The van der Waals surface area contributed by atoms with Crippen molar-refractivity contribution in [3.05, 3.63) is 22.9 Å². The Hall–Kier alpha value is -3.28. The number of fused-ring (bicyclic) bond motifs is 1. The number of nitrogens with zero attached hydrogens (tertiary/aromatic N) is 3. The first-order valence-electron chi connectivity index (χ1n) is 8.31. The van der Waals surface area contributed by atoms with Crippen LogP contribution in [0.4, 0.5) is 0 Å². The maximum atomic E-state index is 11.9. The van der Waals surface area contributed by atoms with Crippen molar-refractivity contribution in [2.75, 3.05) is 6.61 Å². The number of carbonyl (C=O) groups is 3. The van der Waals surface area contributed by atoms with Crippen molar-refractivity contribution in [3.63, 3.8) is 0 Å². The number of carbonyl (C=O) groups excluding carboxylic acids is 3. The second-order valence-electron chi connectivity index (χ2n) is 6.10. The summed E-state index contributed by atoms with van der Waals surface area (Å²) in [5.41, 5.74) is -0.0838. The van der Waals surface area contributed by atoms with Gasteiger partial charge in [0.1, 0.15) is 12.7 Å². The number of esters is 3. The van der Waals surface area contributed by atoms with Crippen molar-refractivity contribution in [2.24, 2.45) is 0 Å². The fraction of sp³-hybridized carbons (Fsp3) is 0.500. The summed E-state index contributed by atoms with van der Waals surface area (Å²) >= 11 is 0. The van der Waals surface area contributed by atoms with Crippen LogP contribution in [0.1, 0.15) is 27.0 Å². The largest absolute Gasteiger partial charge is 0.463 e. The lowest BCUT2D eigenvalue weighted by molar-refractivity contribution is -0.166. The molecule has 0 amide bonds. The summed E-state index contributed by atoms with van der Waals surface area (Å²) in [6.07, 6.45) is -1.34. The fourth-order valence-corrected chi connectivity index (χ4v) is 3.00. The van der Waals surface area contributed by atoms with E-state index >= 15 is 0 Å². The lowest BCUT2D eigenvalue weighted by Crippen LogP contribution is -2.40. The number of nitrogens with one attached hydrogen (secondary N) is 1. The predicted molar refractivity (Wildman–Crippen MR) is 89.8 cm³/mol. The summed E-state index contributed by atoms with van der Waals surface area (Å²) in [4.78, 5) is 50.3. The van der Waals surface area contributed by atoms with Crippen molar-refractivity contribution in [2.45, 2.75) is 45.3 Å². The van der Waals surface area contributed by atoms with Gasteiger partial charge < -0.3 is 18.9 Å². The van der Waals surface area contributed by atoms with E-state index in [-0.39, 0.29) is 12.1 Å². The Morgan fingerprint density at radius 2 is 1.82 bits per heavy atom. The Kier molecular flexibility index (Phi) is 5.40. The quantitative estimate of drug-likeness (QED) is 0.516. The molecule has 1 fully saturated rings.